The molecule has 0 aliphatic carbocycles. The van der Waals surface area contributed by atoms with Crippen molar-refractivity contribution in [1.82, 2.24) is 9.47 Å². The summed E-state index contributed by atoms with van der Waals surface area (Å²) in [5, 5.41) is 14.3. The standard InChI is InChI=1S/C22H27N3O3/c1-4-12-24(14-21(26)27)15(3)22(28)23-16-10-11-20-18(13-16)17-8-6-7-9-19(17)25(20)5-2/h6-11,13,15H,4-5,12,14H2,1-3H3,(H,23,28)(H,26,27). The lowest BCUT2D eigenvalue weighted by Crippen LogP contribution is -2.44. The summed E-state index contributed by atoms with van der Waals surface area (Å²) in [5.74, 6) is -1.13. The first kappa shape index (κ1) is 19.9. The molecule has 1 amide bonds. The van der Waals surface area contributed by atoms with Crippen molar-refractivity contribution in [1.29, 1.82) is 0 Å². The molecule has 0 bridgehead atoms. The van der Waals surface area contributed by atoms with Crippen molar-refractivity contribution in [3.63, 3.8) is 0 Å². The number of carboxylic acids is 1. The van der Waals surface area contributed by atoms with Crippen LogP contribution < -0.4 is 5.32 Å². The number of anilines is 1. The molecule has 1 atom stereocenters. The Kier molecular flexibility index (Phi) is 5.99. The minimum atomic E-state index is -0.929. The number of rotatable bonds is 8. The normalized spacial score (nSPS) is 12.6. The van der Waals surface area contributed by atoms with Gasteiger partial charge in [0, 0.05) is 34.0 Å². The van der Waals surface area contributed by atoms with Crippen LogP contribution in [-0.2, 0) is 16.1 Å². The zero-order chi connectivity index (χ0) is 20.3. The van der Waals surface area contributed by atoms with Gasteiger partial charge in [0.15, 0.2) is 0 Å². The Morgan fingerprint density at radius 3 is 2.50 bits per heavy atom. The van der Waals surface area contributed by atoms with Crippen LogP contribution in [-0.4, -0.2) is 45.6 Å². The van der Waals surface area contributed by atoms with Gasteiger partial charge in [0.2, 0.25) is 5.91 Å². The molecule has 3 aromatic rings. The van der Waals surface area contributed by atoms with E-state index in [4.69, 9.17) is 5.11 Å². The third kappa shape index (κ3) is 3.87. The number of amides is 1. The number of fused-ring (bicyclic) bond motifs is 3. The van der Waals surface area contributed by atoms with Crippen LogP contribution in [0.25, 0.3) is 21.8 Å². The maximum Gasteiger partial charge on any atom is 0.317 e. The Bertz CT molecular complexity index is 1010. The summed E-state index contributed by atoms with van der Waals surface area (Å²) < 4.78 is 2.26. The van der Waals surface area contributed by atoms with Crippen LogP contribution in [0.3, 0.4) is 0 Å². The van der Waals surface area contributed by atoms with E-state index in [1.807, 2.05) is 37.3 Å². The third-order valence-electron chi connectivity index (χ3n) is 5.13. The number of benzene rings is 2. The van der Waals surface area contributed by atoms with Crippen LogP contribution in [0, 0.1) is 0 Å². The fraction of sp³-hybridized carbons (Fsp3) is 0.364. The van der Waals surface area contributed by atoms with E-state index in [0.29, 0.717) is 6.54 Å². The van der Waals surface area contributed by atoms with Crippen LogP contribution in [0.1, 0.15) is 27.2 Å². The first-order valence-electron chi connectivity index (χ1n) is 9.74. The van der Waals surface area contributed by atoms with Crippen LogP contribution in [0.5, 0.6) is 0 Å². The molecule has 28 heavy (non-hydrogen) atoms. The van der Waals surface area contributed by atoms with Gasteiger partial charge in [-0.05, 0) is 51.1 Å². The highest BCUT2D eigenvalue weighted by Crippen LogP contribution is 2.31. The fourth-order valence-electron chi connectivity index (χ4n) is 3.76. The Morgan fingerprint density at radius 2 is 1.82 bits per heavy atom. The molecule has 1 heterocycles. The van der Waals surface area contributed by atoms with Crippen molar-refractivity contribution in [2.45, 2.75) is 39.8 Å². The summed E-state index contributed by atoms with van der Waals surface area (Å²) in [7, 11) is 0. The highest BCUT2D eigenvalue weighted by molar-refractivity contribution is 6.10. The van der Waals surface area contributed by atoms with E-state index >= 15 is 0 Å². The second-order valence-electron chi connectivity index (χ2n) is 7.02. The van der Waals surface area contributed by atoms with Gasteiger partial charge in [-0.1, -0.05) is 25.1 Å². The average molecular weight is 381 g/mol. The van der Waals surface area contributed by atoms with Crippen LogP contribution in [0.15, 0.2) is 42.5 Å². The maximum absolute atomic E-state index is 12.7. The minimum absolute atomic E-state index is 0.147. The number of nitrogens with one attached hydrogen (secondary N) is 1. The summed E-state index contributed by atoms with van der Waals surface area (Å²) in [6.07, 6.45) is 0.785. The van der Waals surface area contributed by atoms with E-state index in [1.54, 1.807) is 11.8 Å². The summed E-state index contributed by atoms with van der Waals surface area (Å²) in [4.78, 5) is 25.5. The SMILES string of the molecule is CCCN(CC(=O)O)C(C)C(=O)Nc1ccc2c(c1)c1ccccc1n2CC. The quantitative estimate of drug-likeness (QED) is 0.620. The van der Waals surface area contributed by atoms with Gasteiger partial charge in [-0.3, -0.25) is 14.5 Å². The lowest BCUT2D eigenvalue weighted by molar-refractivity contribution is -0.139. The first-order valence-corrected chi connectivity index (χ1v) is 9.74. The van der Waals surface area contributed by atoms with Gasteiger partial charge in [0.1, 0.15) is 0 Å². The molecule has 6 heteroatoms. The number of aromatic nitrogens is 1. The number of aryl methyl sites for hydroxylation is 1. The highest BCUT2D eigenvalue weighted by Gasteiger charge is 2.23. The molecule has 3 rings (SSSR count). The fourth-order valence-corrected chi connectivity index (χ4v) is 3.76. The predicted molar refractivity (Wildman–Crippen MR) is 113 cm³/mol. The van der Waals surface area contributed by atoms with Crippen LogP contribution in [0.2, 0.25) is 0 Å². The Hall–Kier alpha value is -2.86. The summed E-state index contributed by atoms with van der Waals surface area (Å²) in [6.45, 7) is 7.11. The maximum atomic E-state index is 12.7. The molecule has 0 saturated carbocycles. The number of para-hydroxylation sites is 1. The van der Waals surface area contributed by atoms with E-state index < -0.39 is 12.0 Å². The Morgan fingerprint density at radius 1 is 1.11 bits per heavy atom. The number of carbonyl (C=O) groups is 2. The molecule has 2 N–H and O–H groups in total. The molecule has 0 saturated heterocycles. The zero-order valence-electron chi connectivity index (χ0n) is 16.6. The van der Waals surface area contributed by atoms with E-state index in [0.717, 1.165) is 34.9 Å². The van der Waals surface area contributed by atoms with Gasteiger partial charge in [-0.15, -0.1) is 0 Å². The number of carbonyl (C=O) groups excluding carboxylic acids is 1. The lowest BCUT2D eigenvalue weighted by Gasteiger charge is -2.26. The van der Waals surface area contributed by atoms with Gasteiger partial charge >= 0.3 is 5.97 Å². The monoisotopic (exact) mass is 381 g/mol. The van der Waals surface area contributed by atoms with Gasteiger partial charge in [0.25, 0.3) is 0 Å². The topological polar surface area (TPSA) is 74.6 Å². The second-order valence-corrected chi connectivity index (χ2v) is 7.02. The van der Waals surface area contributed by atoms with Gasteiger partial charge in [-0.25, -0.2) is 0 Å². The Balaban J connectivity index is 1.88. The number of carboxylic acid groups (broad SMARTS) is 1. The van der Waals surface area contributed by atoms with E-state index in [9.17, 15) is 9.59 Å². The van der Waals surface area contributed by atoms with Crippen molar-refractivity contribution < 1.29 is 14.7 Å². The molecule has 148 valence electrons. The van der Waals surface area contributed by atoms with Gasteiger partial charge in [-0.2, -0.15) is 0 Å². The molecule has 1 unspecified atom stereocenters. The van der Waals surface area contributed by atoms with Crippen molar-refractivity contribution in [3.8, 4) is 0 Å². The molecule has 0 spiro atoms. The molecule has 0 aliphatic heterocycles. The molecular formula is C22H27N3O3. The highest BCUT2D eigenvalue weighted by atomic mass is 16.4. The predicted octanol–water partition coefficient (Wildman–Crippen LogP) is 3.94. The summed E-state index contributed by atoms with van der Waals surface area (Å²) in [6, 6.07) is 13.6. The minimum Gasteiger partial charge on any atom is -0.480 e. The molecule has 1 aromatic heterocycles. The number of hydrogen-bond acceptors (Lipinski definition) is 3. The van der Waals surface area contributed by atoms with Crippen LogP contribution >= 0.6 is 0 Å². The van der Waals surface area contributed by atoms with Crippen molar-refractivity contribution in [2.75, 3.05) is 18.4 Å². The molecule has 0 aliphatic rings. The smallest absolute Gasteiger partial charge is 0.317 e. The molecule has 0 radical (unpaired) electrons. The molecule has 2 aromatic carbocycles. The average Bonchev–Trinajstić information content (AvgIpc) is 2.99. The third-order valence-corrected chi connectivity index (χ3v) is 5.13. The largest absolute Gasteiger partial charge is 0.480 e. The molecular weight excluding hydrogens is 354 g/mol. The number of aliphatic carboxylic acids is 1. The van der Waals surface area contributed by atoms with E-state index in [1.165, 1.54) is 5.52 Å². The van der Waals surface area contributed by atoms with Crippen molar-refractivity contribution >= 4 is 39.4 Å². The number of nitrogens with zero attached hydrogens (tertiary/aromatic N) is 2. The number of hydrogen-bond donors (Lipinski definition) is 2. The van der Waals surface area contributed by atoms with E-state index in [2.05, 4.69) is 28.9 Å². The van der Waals surface area contributed by atoms with Gasteiger partial charge in [0.05, 0.1) is 12.6 Å². The van der Waals surface area contributed by atoms with E-state index in [-0.39, 0.29) is 12.5 Å². The second kappa shape index (κ2) is 8.44. The lowest BCUT2D eigenvalue weighted by atomic mass is 10.1. The van der Waals surface area contributed by atoms with Crippen molar-refractivity contribution in [2.24, 2.45) is 0 Å². The molecule has 0 fully saturated rings. The first-order chi connectivity index (χ1) is 13.5. The Labute approximate surface area is 164 Å². The van der Waals surface area contributed by atoms with Crippen LogP contribution in [0.4, 0.5) is 5.69 Å². The summed E-state index contributed by atoms with van der Waals surface area (Å²) >= 11 is 0. The zero-order valence-corrected chi connectivity index (χ0v) is 16.6. The van der Waals surface area contributed by atoms with Gasteiger partial charge < -0.3 is 15.0 Å². The molecule has 6 nitrogen and oxygen atoms in total. The van der Waals surface area contributed by atoms with Crippen molar-refractivity contribution in [3.05, 3.63) is 42.5 Å². The summed E-state index contributed by atoms with van der Waals surface area (Å²) in [5.41, 5.74) is 3.02.